The third kappa shape index (κ3) is 4.68. The zero-order valence-corrected chi connectivity index (χ0v) is 19.9. The van der Waals surface area contributed by atoms with E-state index in [1.807, 2.05) is 25.1 Å². The van der Waals surface area contributed by atoms with E-state index >= 15 is 0 Å². The molecule has 0 spiro atoms. The van der Waals surface area contributed by atoms with E-state index in [-0.39, 0.29) is 22.9 Å². The fourth-order valence-electron chi connectivity index (χ4n) is 3.93. The molecular formula is C22H24Cl2N4O2S. The maximum atomic E-state index is 11.5. The molecule has 0 radical (unpaired) electrons. The molecule has 31 heavy (non-hydrogen) atoms. The quantitative estimate of drug-likeness (QED) is 0.489. The summed E-state index contributed by atoms with van der Waals surface area (Å²) in [6, 6.07) is 12.1. The minimum atomic E-state index is -0.114. The lowest BCUT2D eigenvalue weighted by Crippen LogP contribution is -2.36. The second-order valence-corrected chi connectivity index (χ2v) is 8.87. The van der Waals surface area contributed by atoms with Crippen LogP contribution in [-0.4, -0.2) is 42.7 Å². The number of anilines is 1. The molecule has 0 aliphatic carbocycles. The zero-order chi connectivity index (χ0) is 21.3. The van der Waals surface area contributed by atoms with Gasteiger partial charge >= 0.3 is 0 Å². The summed E-state index contributed by atoms with van der Waals surface area (Å²) in [5, 5.41) is 4.76. The van der Waals surface area contributed by atoms with Crippen LogP contribution in [0.2, 0.25) is 5.02 Å². The number of nitrogens with one attached hydrogen (secondary N) is 1. The molecule has 0 aromatic heterocycles. The number of rotatable bonds is 3. The Hall–Kier alpha value is -2.22. The van der Waals surface area contributed by atoms with Gasteiger partial charge in [-0.2, -0.15) is 5.10 Å². The molecule has 2 aromatic carbocycles. The van der Waals surface area contributed by atoms with Crippen molar-refractivity contribution in [3.05, 3.63) is 58.1 Å². The maximum absolute atomic E-state index is 11.5. The first-order valence-corrected chi connectivity index (χ1v) is 11.0. The molecular weight excluding hydrogens is 455 g/mol. The Balaban J connectivity index is 0.00000272. The number of benzene rings is 2. The number of fused-ring (bicyclic) bond motifs is 1. The second-order valence-electron chi connectivity index (χ2n) is 7.15. The minimum absolute atomic E-state index is 0. The van der Waals surface area contributed by atoms with Gasteiger partial charge in [-0.25, -0.2) is 5.43 Å². The van der Waals surface area contributed by atoms with Gasteiger partial charge in [-0.15, -0.1) is 12.4 Å². The van der Waals surface area contributed by atoms with E-state index in [1.165, 1.54) is 17.3 Å². The highest BCUT2D eigenvalue weighted by atomic mass is 35.5. The summed E-state index contributed by atoms with van der Waals surface area (Å²) < 4.78 is 5.28. The largest absolute Gasteiger partial charge is 0.495 e. The number of methoxy groups -OCH3 is 1. The Kier molecular flexibility index (Phi) is 7.51. The van der Waals surface area contributed by atoms with E-state index in [0.29, 0.717) is 10.8 Å². The van der Waals surface area contributed by atoms with Crippen LogP contribution < -0.4 is 15.1 Å². The number of thioether (sulfide) groups is 1. The molecule has 164 valence electrons. The number of carbonyl (C=O) groups excluding carboxylic acids is 1. The van der Waals surface area contributed by atoms with Crippen molar-refractivity contribution in [2.75, 3.05) is 25.6 Å². The SMILES string of the molecule is CN=C(c1ccc(OC)c(Cl)c1)N1CCCc2cc(C3=NNC(=O)SC3C)ccc21.Cl. The van der Waals surface area contributed by atoms with Crippen molar-refractivity contribution in [2.45, 2.75) is 25.0 Å². The number of hydrazone groups is 1. The van der Waals surface area contributed by atoms with Crippen molar-refractivity contribution in [3.63, 3.8) is 0 Å². The molecule has 2 aromatic rings. The zero-order valence-electron chi connectivity index (χ0n) is 17.5. The highest BCUT2D eigenvalue weighted by Crippen LogP contribution is 2.33. The number of amidine groups is 1. The summed E-state index contributed by atoms with van der Waals surface area (Å²) in [5.41, 5.74) is 7.84. The fourth-order valence-corrected chi connectivity index (χ4v) is 4.90. The average molecular weight is 479 g/mol. The molecule has 2 heterocycles. The fraction of sp³-hybridized carbons (Fsp3) is 0.318. The van der Waals surface area contributed by atoms with Crippen LogP contribution in [0.15, 0.2) is 46.5 Å². The lowest BCUT2D eigenvalue weighted by atomic mass is 9.96. The lowest BCUT2D eigenvalue weighted by molar-refractivity contribution is 0.261. The Morgan fingerprint density at radius 3 is 2.81 bits per heavy atom. The van der Waals surface area contributed by atoms with Gasteiger partial charge in [0.15, 0.2) is 0 Å². The van der Waals surface area contributed by atoms with E-state index in [1.54, 1.807) is 14.2 Å². The van der Waals surface area contributed by atoms with E-state index in [4.69, 9.17) is 16.3 Å². The van der Waals surface area contributed by atoms with Crippen molar-refractivity contribution in [1.82, 2.24) is 5.43 Å². The molecule has 0 bridgehead atoms. The highest BCUT2D eigenvalue weighted by Gasteiger charge is 2.26. The van der Waals surface area contributed by atoms with Crippen LogP contribution in [0.25, 0.3) is 0 Å². The number of nitrogens with zero attached hydrogens (tertiary/aromatic N) is 3. The molecule has 0 saturated carbocycles. The Labute approximate surface area is 197 Å². The number of hydrogen-bond donors (Lipinski definition) is 1. The molecule has 4 rings (SSSR count). The molecule has 1 unspecified atom stereocenters. The van der Waals surface area contributed by atoms with Crippen LogP contribution in [0, 0.1) is 0 Å². The first-order valence-electron chi connectivity index (χ1n) is 9.77. The predicted octanol–water partition coefficient (Wildman–Crippen LogP) is 5.15. The molecule has 1 N–H and O–H groups in total. The van der Waals surface area contributed by atoms with Gasteiger partial charge in [0, 0.05) is 24.8 Å². The van der Waals surface area contributed by atoms with Crippen LogP contribution in [-0.2, 0) is 6.42 Å². The van der Waals surface area contributed by atoms with Crippen molar-refractivity contribution in [3.8, 4) is 5.75 Å². The Morgan fingerprint density at radius 1 is 1.32 bits per heavy atom. The number of ether oxygens (including phenoxy) is 1. The van der Waals surface area contributed by atoms with Crippen molar-refractivity contribution < 1.29 is 9.53 Å². The number of amides is 1. The van der Waals surface area contributed by atoms with Crippen LogP contribution in [0.1, 0.15) is 30.0 Å². The summed E-state index contributed by atoms with van der Waals surface area (Å²) >= 11 is 7.62. The number of aryl methyl sites for hydroxylation is 1. The van der Waals surface area contributed by atoms with Gasteiger partial charge in [0.1, 0.15) is 11.6 Å². The standard InChI is InChI=1S/C22H23ClN4O2S.ClH/c1-13-20(25-26-22(28)30-13)15-6-8-18-14(11-15)5-4-10-27(18)21(24-2)16-7-9-19(29-3)17(23)12-16;/h6-9,11-13H,4-5,10H2,1-3H3,(H,26,28);1H. The van der Waals surface area contributed by atoms with E-state index < -0.39 is 0 Å². The van der Waals surface area contributed by atoms with Crippen LogP contribution in [0.4, 0.5) is 10.5 Å². The first-order chi connectivity index (χ1) is 14.5. The summed E-state index contributed by atoms with van der Waals surface area (Å²) in [6.07, 6.45) is 2.01. The van der Waals surface area contributed by atoms with Crippen LogP contribution >= 0.6 is 35.8 Å². The Bertz CT molecular complexity index is 1060. The van der Waals surface area contributed by atoms with Gasteiger partial charge in [0.25, 0.3) is 5.24 Å². The molecule has 1 amide bonds. The smallest absolute Gasteiger partial charge is 0.299 e. The molecule has 2 aliphatic rings. The average Bonchev–Trinajstić information content (AvgIpc) is 2.74. The van der Waals surface area contributed by atoms with Gasteiger partial charge in [-0.1, -0.05) is 29.4 Å². The summed E-state index contributed by atoms with van der Waals surface area (Å²) in [4.78, 5) is 18.4. The van der Waals surface area contributed by atoms with Crippen LogP contribution in [0.3, 0.4) is 0 Å². The summed E-state index contributed by atoms with van der Waals surface area (Å²) in [5.74, 6) is 1.52. The molecule has 1 atom stereocenters. The highest BCUT2D eigenvalue weighted by molar-refractivity contribution is 8.14. The normalized spacial score (nSPS) is 18.5. The summed E-state index contributed by atoms with van der Waals surface area (Å²) in [7, 11) is 3.41. The Morgan fingerprint density at radius 2 is 2.13 bits per heavy atom. The molecule has 2 aliphatic heterocycles. The first kappa shape index (κ1) is 23.4. The van der Waals surface area contributed by atoms with E-state index in [2.05, 4.69) is 38.6 Å². The van der Waals surface area contributed by atoms with Gasteiger partial charge < -0.3 is 9.64 Å². The third-order valence-electron chi connectivity index (χ3n) is 5.31. The van der Waals surface area contributed by atoms with Gasteiger partial charge in [0.05, 0.1) is 23.1 Å². The monoisotopic (exact) mass is 478 g/mol. The number of carbonyl (C=O) groups is 1. The van der Waals surface area contributed by atoms with Crippen molar-refractivity contribution in [2.24, 2.45) is 10.1 Å². The number of aliphatic imine (C=N–C) groups is 1. The van der Waals surface area contributed by atoms with Gasteiger partial charge in [-0.05, 0) is 61.2 Å². The lowest BCUT2D eigenvalue weighted by Gasteiger charge is -2.33. The minimum Gasteiger partial charge on any atom is -0.495 e. The van der Waals surface area contributed by atoms with Crippen LogP contribution in [0.5, 0.6) is 5.75 Å². The molecule has 9 heteroatoms. The number of hydrogen-bond acceptors (Lipinski definition) is 5. The van der Waals surface area contributed by atoms with Gasteiger partial charge in [0.2, 0.25) is 0 Å². The topological polar surface area (TPSA) is 66.3 Å². The van der Waals surface area contributed by atoms with Gasteiger partial charge in [-0.3, -0.25) is 9.79 Å². The van der Waals surface area contributed by atoms with Crippen molar-refractivity contribution >= 4 is 58.2 Å². The van der Waals surface area contributed by atoms with E-state index in [0.717, 1.165) is 47.7 Å². The third-order valence-corrected chi connectivity index (χ3v) is 6.49. The second kappa shape index (κ2) is 9.94. The summed E-state index contributed by atoms with van der Waals surface area (Å²) in [6.45, 7) is 2.88. The predicted molar refractivity (Wildman–Crippen MR) is 132 cm³/mol. The molecule has 0 saturated heterocycles. The molecule has 6 nitrogen and oxygen atoms in total. The maximum Gasteiger partial charge on any atom is 0.299 e. The number of halogens is 2. The van der Waals surface area contributed by atoms with E-state index in [9.17, 15) is 4.79 Å². The van der Waals surface area contributed by atoms with Crippen molar-refractivity contribution in [1.29, 1.82) is 0 Å². The molecule has 0 fully saturated rings.